The molecular formula is C31H27BrN4O5. The van der Waals surface area contributed by atoms with E-state index in [1.54, 1.807) is 54.6 Å². The van der Waals surface area contributed by atoms with E-state index in [0.717, 1.165) is 10.0 Å². The summed E-state index contributed by atoms with van der Waals surface area (Å²) in [5, 5.41) is 9.16. The SMILES string of the molecule is CCOc1ccc(NC(=O)c2ccccc2NC(=O)C(=O)N/N=C/c2cc(Br)ccc2OCc2ccccc2)cc1. The van der Waals surface area contributed by atoms with E-state index in [2.05, 4.69) is 37.1 Å². The summed E-state index contributed by atoms with van der Waals surface area (Å²) in [6, 6.07) is 28.3. The van der Waals surface area contributed by atoms with Crippen LogP contribution in [0.15, 0.2) is 107 Å². The lowest BCUT2D eigenvalue weighted by Crippen LogP contribution is -2.33. The molecule has 0 aliphatic carbocycles. The zero-order chi connectivity index (χ0) is 29.0. The van der Waals surface area contributed by atoms with Crippen molar-refractivity contribution in [3.63, 3.8) is 0 Å². The Balaban J connectivity index is 1.36. The lowest BCUT2D eigenvalue weighted by Gasteiger charge is -2.11. The van der Waals surface area contributed by atoms with Crippen molar-refractivity contribution in [3.8, 4) is 11.5 Å². The van der Waals surface area contributed by atoms with Gasteiger partial charge in [0.15, 0.2) is 0 Å². The first kappa shape index (κ1) is 29.0. The molecule has 0 radical (unpaired) electrons. The van der Waals surface area contributed by atoms with Crippen molar-refractivity contribution in [2.45, 2.75) is 13.5 Å². The van der Waals surface area contributed by atoms with E-state index in [4.69, 9.17) is 9.47 Å². The lowest BCUT2D eigenvalue weighted by molar-refractivity contribution is -0.136. The summed E-state index contributed by atoms with van der Waals surface area (Å²) in [6.07, 6.45) is 1.38. The second kappa shape index (κ2) is 14.4. The molecule has 208 valence electrons. The van der Waals surface area contributed by atoms with Gasteiger partial charge in [0.2, 0.25) is 0 Å². The summed E-state index contributed by atoms with van der Waals surface area (Å²) < 4.78 is 12.1. The zero-order valence-electron chi connectivity index (χ0n) is 22.1. The first-order valence-corrected chi connectivity index (χ1v) is 13.5. The van der Waals surface area contributed by atoms with E-state index < -0.39 is 17.7 Å². The highest BCUT2D eigenvalue weighted by molar-refractivity contribution is 9.10. The van der Waals surface area contributed by atoms with E-state index in [1.807, 2.05) is 43.3 Å². The van der Waals surface area contributed by atoms with Crippen LogP contribution in [0, 0.1) is 0 Å². The number of nitrogens with one attached hydrogen (secondary N) is 3. The van der Waals surface area contributed by atoms with Crippen LogP contribution in [-0.4, -0.2) is 30.5 Å². The minimum absolute atomic E-state index is 0.170. The number of ether oxygens (including phenoxy) is 2. The van der Waals surface area contributed by atoms with Gasteiger partial charge in [0.25, 0.3) is 5.91 Å². The Kier molecular flexibility index (Phi) is 10.2. The highest BCUT2D eigenvalue weighted by Crippen LogP contribution is 2.23. The van der Waals surface area contributed by atoms with Crippen molar-refractivity contribution in [1.82, 2.24) is 5.43 Å². The van der Waals surface area contributed by atoms with E-state index in [1.165, 1.54) is 12.3 Å². The first-order valence-electron chi connectivity index (χ1n) is 12.7. The zero-order valence-corrected chi connectivity index (χ0v) is 23.7. The molecule has 0 atom stereocenters. The standard InChI is InChI=1S/C31H27BrN4O5/c1-2-40-25-15-13-24(14-16-25)34-29(37)26-10-6-7-11-27(26)35-30(38)31(39)36-33-19-22-18-23(32)12-17-28(22)41-20-21-8-4-3-5-9-21/h3-19H,2,20H2,1H3,(H,34,37)(H,35,38)(H,36,39)/b33-19+. The molecule has 3 N–H and O–H groups in total. The van der Waals surface area contributed by atoms with Crippen molar-refractivity contribution in [3.05, 3.63) is 118 Å². The molecule has 3 amide bonds. The number of carbonyl (C=O) groups is 3. The highest BCUT2D eigenvalue weighted by Gasteiger charge is 2.18. The van der Waals surface area contributed by atoms with Gasteiger partial charge in [0.1, 0.15) is 18.1 Å². The molecule has 0 aromatic heterocycles. The second-order valence-electron chi connectivity index (χ2n) is 8.57. The Morgan fingerprint density at radius 2 is 1.56 bits per heavy atom. The van der Waals surface area contributed by atoms with Crippen LogP contribution >= 0.6 is 15.9 Å². The summed E-state index contributed by atoms with van der Waals surface area (Å²) in [5.74, 6) is -1.22. The van der Waals surface area contributed by atoms with Gasteiger partial charge in [0.05, 0.1) is 24.1 Å². The maximum absolute atomic E-state index is 12.9. The van der Waals surface area contributed by atoms with Crippen LogP contribution in [0.2, 0.25) is 0 Å². The van der Waals surface area contributed by atoms with Crippen LogP contribution < -0.4 is 25.5 Å². The van der Waals surface area contributed by atoms with Gasteiger partial charge >= 0.3 is 11.8 Å². The number of halogens is 1. The molecule has 9 nitrogen and oxygen atoms in total. The molecule has 10 heteroatoms. The number of hydrazone groups is 1. The van der Waals surface area contributed by atoms with Crippen LogP contribution in [0.25, 0.3) is 0 Å². The van der Waals surface area contributed by atoms with Crippen LogP contribution in [0.5, 0.6) is 11.5 Å². The molecule has 4 aromatic rings. The fraction of sp³-hybridized carbons (Fsp3) is 0.0968. The van der Waals surface area contributed by atoms with Gasteiger partial charge in [-0.2, -0.15) is 5.10 Å². The monoisotopic (exact) mass is 614 g/mol. The first-order chi connectivity index (χ1) is 19.9. The molecular weight excluding hydrogens is 588 g/mol. The largest absolute Gasteiger partial charge is 0.494 e. The van der Waals surface area contributed by atoms with Gasteiger partial charge in [-0.3, -0.25) is 14.4 Å². The number of nitrogens with zero attached hydrogens (tertiary/aromatic N) is 1. The maximum atomic E-state index is 12.9. The molecule has 0 spiro atoms. The van der Waals surface area contributed by atoms with Gasteiger partial charge in [-0.05, 0) is 67.1 Å². The third kappa shape index (κ3) is 8.51. The van der Waals surface area contributed by atoms with Crippen molar-refractivity contribution in [2.75, 3.05) is 17.2 Å². The highest BCUT2D eigenvalue weighted by atomic mass is 79.9. The Labute approximate surface area is 245 Å². The molecule has 0 bridgehead atoms. The number of rotatable bonds is 10. The van der Waals surface area contributed by atoms with E-state index in [0.29, 0.717) is 36.0 Å². The lowest BCUT2D eigenvalue weighted by atomic mass is 10.1. The summed E-state index contributed by atoms with van der Waals surface area (Å²) in [5.41, 5.74) is 4.70. The quantitative estimate of drug-likeness (QED) is 0.119. The predicted octanol–water partition coefficient (Wildman–Crippen LogP) is 5.77. The number of anilines is 2. The van der Waals surface area contributed by atoms with Crippen molar-refractivity contribution >= 4 is 51.2 Å². The van der Waals surface area contributed by atoms with Crippen LogP contribution in [0.4, 0.5) is 11.4 Å². The summed E-state index contributed by atoms with van der Waals surface area (Å²) in [7, 11) is 0. The summed E-state index contributed by atoms with van der Waals surface area (Å²) in [6.45, 7) is 2.77. The predicted molar refractivity (Wildman–Crippen MR) is 161 cm³/mol. The molecule has 0 aliphatic rings. The molecule has 4 rings (SSSR count). The van der Waals surface area contributed by atoms with Crippen molar-refractivity contribution < 1.29 is 23.9 Å². The van der Waals surface area contributed by atoms with Gasteiger partial charge in [-0.1, -0.05) is 58.4 Å². The van der Waals surface area contributed by atoms with Gasteiger partial charge in [-0.15, -0.1) is 0 Å². The van der Waals surface area contributed by atoms with Gasteiger partial charge in [-0.25, -0.2) is 5.43 Å². The fourth-order valence-corrected chi connectivity index (χ4v) is 4.05. The molecule has 0 heterocycles. The third-order valence-corrected chi connectivity index (χ3v) is 6.12. The number of benzene rings is 4. The van der Waals surface area contributed by atoms with E-state index in [9.17, 15) is 14.4 Å². The third-order valence-electron chi connectivity index (χ3n) is 5.63. The van der Waals surface area contributed by atoms with Gasteiger partial charge < -0.3 is 20.1 Å². The molecule has 0 saturated carbocycles. The molecule has 4 aromatic carbocycles. The maximum Gasteiger partial charge on any atom is 0.329 e. The Bertz CT molecular complexity index is 1540. The Hall–Kier alpha value is -4.96. The molecule has 41 heavy (non-hydrogen) atoms. The number of amides is 3. The minimum atomic E-state index is -1.01. The smallest absolute Gasteiger partial charge is 0.329 e. The molecule has 0 unspecified atom stereocenters. The van der Waals surface area contributed by atoms with Crippen LogP contribution in [0.3, 0.4) is 0 Å². The number of hydrogen-bond acceptors (Lipinski definition) is 6. The summed E-state index contributed by atoms with van der Waals surface area (Å²) in [4.78, 5) is 38.0. The number of hydrogen-bond donors (Lipinski definition) is 3. The second-order valence-corrected chi connectivity index (χ2v) is 9.48. The molecule has 0 saturated heterocycles. The average Bonchev–Trinajstić information content (AvgIpc) is 2.98. The minimum Gasteiger partial charge on any atom is -0.494 e. The Morgan fingerprint density at radius 1 is 0.829 bits per heavy atom. The Morgan fingerprint density at radius 3 is 2.32 bits per heavy atom. The van der Waals surface area contributed by atoms with Crippen LogP contribution in [-0.2, 0) is 16.2 Å². The number of carbonyl (C=O) groups excluding carboxylic acids is 3. The average molecular weight is 615 g/mol. The molecule has 0 aliphatic heterocycles. The van der Waals surface area contributed by atoms with Gasteiger partial charge in [0, 0.05) is 15.7 Å². The van der Waals surface area contributed by atoms with E-state index >= 15 is 0 Å². The molecule has 0 fully saturated rings. The summed E-state index contributed by atoms with van der Waals surface area (Å²) >= 11 is 3.42. The topological polar surface area (TPSA) is 118 Å². The van der Waals surface area contributed by atoms with Crippen molar-refractivity contribution in [2.24, 2.45) is 5.10 Å². The fourth-order valence-electron chi connectivity index (χ4n) is 3.67. The van der Waals surface area contributed by atoms with Crippen LogP contribution in [0.1, 0.15) is 28.4 Å². The van der Waals surface area contributed by atoms with E-state index in [-0.39, 0.29) is 11.3 Å². The van der Waals surface area contributed by atoms with Crippen molar-refractivity contribution in [1.29, 1.82) is 0 Å². The number of para-hydroxylation sites is 1. The normalized spacial score (nSPS) is 10.6.